The van der Waals surface area contributed by atoms with Crippen LogP contribution in [-0.2, 0) is 15.3 Å². The first-order valence-corrected chi connectivity index (χ1v) is 13.8. The van der Waals surface area contributed by atoms with Crippen molar-refractivity contribution in [3.05, 3.63) is 116 Å². The Hall–Kier alpha value is -4.13. The van der Waals surface area contributed by atoms with Gasteiger partial charge in [-0.1, -0.05) is 65.0 Å². The first-order chi connectivity index (χ1) is 19.2. The molecular formula is C27H18ClFN4O5S2. The van der Waals surface area contributed by atoms with E-state index in [0.717, 1.165) is 27.9 Å². The number of ketones is 1. The number of anilines is 1. The van der Waals surface area contributed by atoms with Gasteiger partial charge in [0.25, 0.3) is 11.5 Å². The second-order valence-electron chi connectivity index (χ2n) is 8.71. The molecule has 1 aliphatic rings. The summed E-state index contributed by atoms with van der Waals surface area (Å²) >= 11 is 8.63. The number of halogens is 2. The lowest BCUT2D eigenvalue weighted by Crippen LogP contribution is -2.29. The van der Waals surface area contributed by atoms with Crippen LogP contribution in [0.5, 0.6) is 0 Å². The summed E-state index contributed by atoms with van der Waals surface area (Å²) < 4.78 is 14.8. The molecule has 9 nitrogen and oxygen atoms in total. The molecule has 0 unspecified atom stereocenters. The zero-order valence-corrected chi connectivity index (χ0v) is 23.0. The summed E-state index contributed by atoms with van der Waals surface area (Å²) in [6.45, 7) is 1.55. The number of aromatic nitrogens is 2. The minimum Gasteiger partial charge on any atom is -0.507 e. The van der Waals surface area contributed by atoms with Crippen molar-refractivity contribution < 1.29 is 24.0 Å². The van der Waals surface area contributed by atoms with Gasteiger partial charge in [0, 0.05) is 28.5 Å². The molecule has 13 heteroatoms. The molecule has 5 rings (SSSR count). The third kappa shape index (κ3) is 5.20. The minimum absolute atomic E-state index is 0.00117. The molecule has 4 aromatic rings. The lowest BCUT2D eigenvalue weighted by Gasteiger charge is -2.22. The number of nitro benzene ring substituents is 1. The van der Waals surface area contributed by atoms with Crippen LogP contribution < -0.4 is 4.90 Å². The molecule has 1 atom stereocenters. The number of hydrogen-bond acceptors (Lipinski definition) is 9. The topological polar surface area (TPSA) is 127 Å². The van der Waals surface area contributed by atoms with Crippen LogP contribution in [0.15, 0.2) is 76.6 Å². The van der Waals surface area contributed by atoms with Gasteiger partial charge in [0.05, 0.1) is 16.5 Å². The van der Waals surface area contributed by atoms with Crippen LogP contribution in [0.1, 0.15) is 28.3 Å². The van der Waals surface area contributed by atoms with Crippen LogP contribution in [0.3, 0.4) is 0 Å². The molecule has 1 aromatic heterocycles. The van der Waals surface area contributed by atoms with Crippen LogP contribution in [0.4, 0.5) is 15.2 Å². The van der Waals surface area contributed by atoms with Gasteiger partial charge < -0.3 is 5.11 Å². The molecule has 0 bridgehead atoms. The van der Waals surface area contributed by atoms with Gasteiger partial charge >= 0.3 is 5.91 Å². The molecule has 1 N–H and O–H groups in total. The summed E-state index contributed by atoms with van der Waals surface area (Å²) in [5.74, 6) is -2.69. The lowest BCUT2D eigenvalue weighted by atomic mass is 9.95. The highest BCUT2D eigenvalue weighted by molar-refractivity contribution is 8.00. The predicted octanol–water partition coefficient (Wildman–Crippen LogP) is 6.47. The van der Waals surface area contributed by atoms with E-state index in [1.54, 1.807) is 13.0 Å². The van der Waals surface area contributed by atoms with E-state index >= 15 is 0 Å². The van der Waals surface area contributed by atoms with Crippen molar-refractivity contribution in [1.29, 1.82) is 0 Å². The van der Waals surface area contributed by atoms with Crippen molar-refractivity contribution in [3.63, 3.8) is 0 Å². The third-order valence-corrected chi connectivity index (χ3v) is 8.69. The first-order valence-electron chi connectivity index (χ1n) is 11.7. The number of nitro groups is 1. The smallest absolute Gasteiger partial charge is 0.301 e. The van der Waals surface area contributed by atoms with Crippen molar-refractivity contribution >= 4 is 63.0 Å². The van der Waals surface area contributed by atoms with Crippen molar-refractivity contribution in [1.82, 2.24) is 10.2 Å². The number of nitrogens with zero attached hydrogens (tertiary/aromatic N) is 4. The lowest BCUT2D eigenvalue weighted by molar-refractivity contribution is -0.384. The summed E-state index contributed by atoms with van der Waals surface area (Å²) in [4.78, 5) is 38.3. The Morgan fingerprint density at radius 3 is 2.55 bits per heavy atom. The van der Waals surface area contributed by atoms with Gasteiger partial charge in [-0.25, -0.2) is 4.39 Å². The summed E-state index contributed by atoms with van der Waals surface area (Å²) in [5.41, 5.74) is 1.01. The number of carbonyl (C=O) groups excluding carboxylic acids is 2. The fourth-order valence-corrected chi connectivity index (χ4v) is 6.29. The van der Waals surface area contributed by atoms with Crippen LogP contribution in [0, 0.1) is 22.9 Å². The number of amides is 1. The van der Waals surface area contributed by atoms with Crippen molar-refractivity contribution in [3.8, 4) is 0 Å². The molecule has 3 aromatic carbocycles. The second-order valence-corrected chi connectivity index (χ2v) is 11.3. The summed E-state index contributed by atoms with van der Waals surface area (Å²) in [6, 6.07) is 15.3. The number of Topliss-reactive ketones (excluding diaryl/α,β-unsaturated/α-hetero) is 1. The maximum atomic E-state index is 14.3. The fraction of sp³-hybridized carbons (Fsp3) is 0.111. The van der Waals surface area contributed by atoms with Gasteiger partial charge in [0.2, 0.25) is 5.13 Å². The molecule has 202 valence electrons. The van der Waals surface area contributed by atoms with Crippen LogP contribution >= 0.6 is 34.7 Å². The van der Waals surface area contributed by atoms with E-state index in [2.05, 4.69) is 10.2 Å². The number of benzene rings is 3. The Kier molecular flexibility index (Phi) is 7.66. The molecule has 0 aliphatic carbocycles. The number of thioether (sulfide) groups is 1. The number of carbonyl (C=O) groups is 2. The van der Waals surface area contributed by atoms with Crippen LogP contribution in [-0.4, -0.2) is 31.9 Å². The maximum absolute atomic E-state index is 14.3. The highest BCUT2D eigenvalue weighted by Crippen LogP contribution is 2.44. The zero-order valence-electron chi connectivity index (χ0n) is 20.6. The Bertz CT molecular complexity index is 1690. The molecule has 1 fully saturated rings. The number of non-ortho nitro benzene ring substituents is 1. The zero-order chi connectivity index (χ0) is 28.6. The Morgan fingerprint density at radius 2 is 1.88 bits per heavy atom. The average molecular weight is 597 g/mol. The number of aryl methyl sites for hydroxylation is 1. The Labute approximate surface area is 240 Å². The largest absolute Gasteiger partial charge is 0.507 e. The van der Waals surface area contributed by atoms with E-state index in [4.69, 9.17) is 11.6 Å². The molecular weight excluding hydrogens is 579 g/mol. The third-order valence-electron chi connectivity index (χ3n) is 6.22. The SMILES string of the molecule is Cc1ccc(C(O)=C2C(=O)C(=O)N(c3nnc(SCc4ccccc4Cl)s3)[C@H]2c2ccc([N+](=O)[O-])cc2)cc1F. The molecule has 40 heavy (non-hydrogen) atoms. The van der Waals surface area contributed by atoms with Gasteiger partial charge in [-0.2, -0.15) is 0 Å². The normalized spacial score (nSPS) is 16.5. The van der Waals surface area contributed by atoms with E-state index in [1.165, 1.54) is 48.2 Å². The van der Waals surface area contributed by atoms with Gasteiger partial charge in [-0.15, -0.1) is 10.2 Å². The summed E-state index contributed by atoms with van der Waals surface area (Å²) in [5, 5.41) is 31.3. The molecule has 0 radical (unpaired) electrons. The van der Waals surface area contributed by atoms with E-state index in [0.29, 0.717) is 26.2 Å². The summed E-state index contributed by atoms with van der Waals surface area (Å²) in [7, 11) is 0. The molecule has 0 saturated carbocycles. The van der Waals surface area contributed by atoms with Gasteiger partial charge in [-0.05, 0) is 47.9 Å². The number of aliphatic hydroxyl groups excluding tert-OH is 1. The molecule has 1 saturated heterocycles. The molecule has 1 aliphatic heterocycles. The van der Waals surface area contributed by atoms with E-state index in [-0.39, 0.29) is 22.0 Å². The van der Waals surface area contributed by atoms with Crippen LogP contribution in [0.25, 0.3) is 5.76 Å². The minimum atomic E-state index is -1.19. The fourth-order valence-electron chi connectivity index (χ4n) is 4.13. The van der Waals surface area contributed by atoms with Crippen molar-refractivity contribution in [2.75, 3.05) is 4.90 Å². The van der Waals surface area contributed by atoms with E-state index < -0.39 is 34.2 Å². The molecule has 1 amide bonds. The molecule has 0 spiro atoms. The average Bonchev–Trinajstić information content (AvgIpc) is 3.51. The van der Waals surface area contributed by atoms with E-state index in [9.17, 15) is 29.2 Å². The highest BCUT2D eigenvalue weighted by atomic mass is 35.5. The quantitative estimate of drug-likeness (QED) is 0.0489. The first kappa shape index (κ1) is 27.4. The van der Waals surface area contributed by atoms with E-state index in [1.807, 2.05) is 18.2 Å². The predicted molar refractivity (Wildman–Crippen MR) is 150 cm³/mol. The standard InChI is InChI=1S/C27H18ClFN4O5S2/c1-14-6-7-16(12-20(14)29)23(34)21-22(15-8-10-18(11-9-15)33(37)38)32(25(36)24(21)35)26-30-31-27(40-26)39-13-17-4-2-3-5-19(17)28/h2-12,22,34H,13H2,1H3/t22-/m0/s1. The highest BCUT2D eigenvalue weighted by Gasteiger charge is 2.48. The Morgan fingerprint density at radius 1 is 1.15 bits per heavy atom. The van der Waals surface area contributed by atoms with Crippen molar-refractivity contribution in [2.24, 2.45) is 0 Å². The van der Waals surface area contributed by atoms with Crippen molar-refractivity contribution in [2.45, 2.75) is 23.1 Å². The summed E-state index contributed by atoms with van der Waals surface area (Å²) in [6.07, 6.45) is 0. The molecule has 2 heterocycles. The monoisotopic (exact) mass is 596 g/mol. The van der Waals surface area contributed by atoms with Gasteiger partial charge in [0.15, 0.2) is 4.34 Å². The van der Waals surface area contributed by atoms with Gasteiger partial charge in [-0.3, -0.25) is 24.6 Å². The number of aliphatic hydroxyl groups is 1. The Balaban J connectivity index is 1.57. The van der Waals surface area contributed by atoms with Crippen LogP contribution in [0.2, 0.25) is 5.02 Å². The number of hydrogen-bond donors (Lipinski definition) is 1. The number of rotatable bonds is 7. The maximum Gasteiger partial charge on any atom is 0.301 e. The van der Waals surface area contributed by atoms with Gasteiger partial charge in [0.1, 0.15) is 11.6 Å². The second kappa shape index (κ2) is 11.2.